The van der Waals surface area contributed by atoms with Crippen molar-refractivity contribution in [1.82, 2.24) is 15.6 Å². The molecule has 2 aromatic carbocycles. The van der Waals surface area contributed by atoms with Gasteiger partial charge >= 0.3 is 6.03 Å². The van der Waals surface area contributed by atoms with Crippen LogP contribution < -0.4 is 16.0 Å². The Bertz CT molecular complexity index is 1010. The van der Waals surface area contributed by atoms with Crippen molar-refractivity contribution < 1.29 is 9.59 Å². The van der Waals surface area contributed by atoms with Gasteiger partial charge in [-0.1, -0.05) is 30.3 Å². The summed E-state index contributed by atoms with van der Waals surface area (Å²) in [6, 6.07) is 14.0. The Kier molecular flexibility index (Phi) is 5.89. The maximum Gasteiger partial charge on any atom is 0.320 e. The van der Waals surface area contributed by atoms with Gasteiger partial charge in [0, 0.05) is 31.6 Å². The zero-order valence-electron chi connectivity index (χ0n) is 16.3. The quantitative estimate of drug-likeness (QED) is 0.630. The number of benzene rings is 2. The summed E-state index contributed by atoms with van der Waals surface area (Å²) in [5.74, 6) is 0.473. The molecule has 0 saturated carbocycles. The van der Waals surface area contributed by atoms with Crippen LogP contribution in [0.2, 0.25) is 0 Å². The van der Waals surface area contributed by atoms with Crippen molar-refractivity contribution in [2.45, 2.75) is 27.3 Å². The summed E-state index contributed by atoms with van der Waals surface area (Å²) in [7, 11) is 0. The van der Waals surface area contributed by atoms with Crippen molar-refractivity contribution in [2.24, 2.45) is 0 Å². The first kappa shape index (κ1) is 19.4. The summed E-state index contributed by atoms with van der Waals surface area (Å²) >= 11 is 0. The van der Waals surface area contributed by atoms with E-state index in [2.05, 4.69) is 40.0 Å². The fourth-order valence-electron chi connectivity index (χ4n) is 3.04. The standard InChI is InChI=1S/C22H24N4O2/c1-4-23-22(28)26-21-11-19-10-18(9-14(2)20(19)13-25-21)17-7-5-16(6-8-17)12-24-15(3)27/h5-11,13H,4,12H2,1-3H3,(H,24,27)(H2,23,25,26,28). The summed E-state index contributed by atoms with van der Waals surface area (Å²) in [6.45, 7) is 6.50. The molecule has 1 heterocycles. The molecule has 144 valence electrons. The van der Waals surface area contributed by atoms with Crippen LogP contribution in [0.25, 0.3) is 21.9 Å². The van der Waals surface area contributed by atoms with E-state index in [0.717, 1.165) is 33.0 Å². The van der Waals surface area contributed by atoms with Crippen molar-refractivity contribution in [3.63, 3.8) is 0 Å². The minimum atomic E-state index is -0.267. The molecular weight excluding hydrogens is 352 g/mol. The normalized spacial score (nSPS) is 10.5. The maximum absolute atomic E-state index is 11.7. The number of urea groups is 1. The van der Waals surface area contributed by atoms with Gasteiger partial charge in [-0.2, -0.15) is 0 Å². The fraction of sp³-hybridized carbons (Fsp3) is 0.227. The number of aryl methyl sites for hydroxylation is 1. The van der Waals surface area contributed by atoms with Gasteiger partial charge in [-0.05, 0) is 53.6 Å². The lowest BCUT2D eigenvalue weighted by Gasteiger charge is -2.11. The average molecular weight is 376 g/mol. The number of anilines is 1. The Balaban J connectivity index is 1.89. The van der Waals surface area contributed by atoms with Gasteiger partial charge in [0.25, 0.3) is 0 Å². The number of hydrogen-bond acceptors (Lipinski definition) is 3. The number of fused-ring (bicyclic) bond motifs is 1. The number of amides is 3. The number of hydrogen-bond donors (Lipinski definition) is 3. The number of pyridine rings is 1. The molecule has 3 N–H and O–H groups in total. The molecule has 6 heteroatoms. The van der Waals surface area contributed by atoms with E-state index < -0.39 is 0 Å². The second kappa shape index (κ2) is 8.52. The molecule has 0 radical (unpaired) electrons. The average Bonchev–Trinajstić information content (AvgIpc) is 2.66. The predicted molar refractivity (Wildman–Crippen MR) is 112 cm³/mol. The van der Waals surface area contributed by atoms with Gasteiger partial charge < -0.3 is 10.6 Å². The molecule has 0 aliphatic heterocycles. The molecule has 0 fully saturated rings. The Morgan fingerprint density at radius 3 is 2.43 bits per heavy atom. The molecule has 0 aliphatic rings. The molecule has 0 saturated heterocycles. The molecule has 0 bridgehead atoms. The van der Waals surface area contributed by atoms with E-state index in [-0.39, 0.29) is 11.9 Å². The Morgan fingerprint density at radius 1 is 1.00 bits per heavy atom. The van der Waals surface area contributed by atoms with Crippen molar-refractivity contribution in [2.75, 3.05) is 11.9 Å². The molecule has 0 spiro atoms. The van der Waals surface area contributed by atoms with Crippen LogP contribution in [0, 0.1) is 6.92 Å². The van der Waals surface area contributed by atoms with Gasteiger partial charge in [0.2, 0.25) is 5.91 Å². The fourth-order valence-corrected chi connectivity index (χ4v) is 3.04. The largest absolute Gasteiger partial charge is 0.352 e. The zero-order chi connectivity index (χ0) is 20.1. The van der Waals surface area contributed by atoms with Crippen LogP contribution in [-0.2, 0) is 11.3 Å². The molecule has 3 amide bonds. The second-order valence-electron chi connectivity index (χ2n) is 6.67. The van der Waals surface area contributed by atoms with Gasteiger partial charge in [0.1, 0.15) is 5.82 Å². The second-order valence-corrected chi connectivity index (χ2v) is 6.67. The van der Waals surface area contributed by atoms with Crippen molar-refractivity contribution in [1.29, 1.82) is 0 Å². The summed E-state index contributed by atoms with van der Waals surface area (Å²) < 4.78 is 0. The third kappa shape index (κ3) is 4.65. The predicted octanol–water partition coefficient (Wildman–Crippen LogP) is 3.99. The molecule has 0 atom stereocenters. The summed E-state index contributed by atoms with van der Waals surface area (Å²) in [5, 5.41) is 10.3. The van der Waals surface area contributed by atoms with E-state index in [0.29, 0.717) is 18.9 Å². The first-order valence-electron chi connectivity index (χ1n) is 9.25. The highest BCUT2D eigenvalue weighted by molar-refractivity contribution is 5.94. The number of carbonyl (C=O) groups excluding carboxylic acids is 2. The lowest BCUT2D eigenvalue weighted by molar-refractivity contribution is -0.119. The van der Waals surface area contributed by atoms with Crippen LogP contribution in [0.4, 0.5) is 10.6 Å². The molecule has 3 rings (SSSR count). The van der Waals surface area contributed by atoms with Gasteiger partial charge in [0.05, 0.1) is 0 Å². The molecule has 0 unspecified atom stereocenters. The maximum atomic E-state index is 11.7. The SMILES string of the molecule is CCNC(=O)Nc1cc2cc(-c3ccc(CNC(C)=O)cc3)cc(C)c2cn1. The van der Waals surface area contributed by atoms with Gasteiger partial charge in [-0.3, -0.25) is 10.1 Å². The molecule has 0 aliphatic carbocycles. The molecule has 6 nitrogen and oxygen atoms in total. The van der Waals surface area contributed by atoms with Crippen LogP contribution in [0.15, 0.2) is 48.7 Å². The number of aromatic nitrogens is 1. The minimum Gasteiger partial charge on any atom is -0.352 e. The van der Waals surface area contributed by atoms with E-state index in [1.807, 2.05) is 37.3 Å². The molecule has 1 aromatic heterocycles. The Labute approximate surface area is 164 Å². The molecule has 3 aromatic rings. The highest BCUT2D eigenvalue weighted by atomic mass is 16.2. The van der Waals surface area contributed by atoms with Gasteiger partial charge in [0.15, 0.2) is 0 Å². The van der Waals surface area contributed by atoms with Gasteiger partial charge in [-0.15, -0.1) is 0 Å². The smallest absolute Gasteiger partial charge is 0.320 e. The lowest BCUT2D eigenvalue weighted by atomic mass is 9.98. The number of carbonyl (C=O) groups is 2. The van der Waals surface area contributed by atoms with E-state index in [1.54, 1.807) is 6.20 Å². The highest BCUT2D eigenvalue weighted by Crippen LogP contribution is 2.28. The first-order chi connectivity index (χ1) is 13.5. The summed E-state index contributed by atoms with van der Waals surface area (Å²) in [6.07, 6.45) is 1.78. The topological polar surface area (TPSA) is 83.1 Å². The number of nitrogens with one attached hydrogen (secondary N) is 3. The van der Waals surface area contributed by atoms with Crippen LogP contribution in [0.1, 0.15) is 25.0 Å². The zero-order valence-corrected chi connectivity index (χ0v) is 16.3. The van der Waals surface area contributed by atoms with Crippen molar-refractivity contribution in [3.05, 3.63) is 59.8 Å². The molecule has 28 heavy (non-hydrogen) atoms. The van der Waals surface area contributed by atoms with E-state index in [9.17, 15) is 9.59 Å². The third-order valence-electron chi connectivity index (χ3n) is 4.45. The van der Waals surface area contributed by atoms with Crippen molar-refractivity contribution >= 4 is 28.5 Å². The first-order valence-corrected chi connectivity index (χ1v) is 9.25. The van der Waals surface area contributed by atoms with E-state index in [4.69, 9.17) is 0 Å². The summed E-state index contributed by atoms with van der Waals surface area (Å²) in [4.78, 5) is 27.1. The van der Waals surface area contributed by atoms with Gasteiger partial charge in [-0.25, -0.2) is 9.78 Å². The number of nitrogens with zero attached hydrogens (tertiary/aromatic N) is 1. The monoisotopic (exact) mass is 376 g/mol. The highest BCUT2D eigenvalue weighted by Gasteiger charge is 2.07. The van der Waals surface area contributed by atoms with Crippen LogP contribution in [0.3, 0.4) is 0 Å². The van der Waals surface area contributed by atoms with E-state index in [1.165, 1.54) is 6.92 Å². The lowest BCUT2D eigenvalue weighted by Crippen LogP contribution is -2.28. The van der Waals surface area contributed by atoms with Crippen LogP contribution >= 0.6 is 0 Å². The Hall–Kier alpha value is -3.41. The Morgan fingerprint density at radius 2 is 1.75 bits per heavy atom. The van der Waals surface area contributed by atoms with E-state index >= 15 is 0 Å². The van der Waals surface area contributed by atoms with Crippen molar-refractivity contribution in [3.8, 4) is 11.1 Å². The number of rotatable bonds is 5. The summed E-state index contributed by atoms with van der Waals surface area (Å²) in [5.41, 5.74) is 4.35. The van der Waals surface area contributed by atoms with Crippen LogP contribution in [0.5, 0.6) is 0 Å². The minimum absolute atomic E-state index is 0.0418. The molecular formula is C22H24N4O2. The third-order valence-corrected chi connectivity index (χ3v) is 4.45. The van der Waals surface area contributed by atoms with Crippen LogP contribution in [-0.4, -0.2) is 23.5 Å².